The Hall–Kier alpha value is -3.80. The number of carbonyl (C=O) groups is 2. The van der Waals surface area contributed by atoms with Crippen molar-refractivity contribution in [1.82, 2.24) is 0 Å². The minimum absolute atomic E-state index is 0.0283. The molecule has 1 aliphatic rings. The second kappa shape index (κ2) is 7.84. The first-order valence-corrected chi connectivity index (χ1v) is 8.93. The molecule has 2 N–H and O–H groups in total. The van der Waals surface area contributed by atoms with E-state index in [1.165, 1.54) is 0 Å². The quantitative estimate of drug-likeness (QED) is 0.718. The zero-order chi connectivity index (χ0) is 19.3. The van der Waals surface area contributed by atoms with E-state index in [-0.39, 0.29) is 18.5 Å². The maximum Gasteiger partial charge on any atom is 0.323 e. The van der Waals surface area contributed by atoms with Gasteiger partial charge < -0.3 is 20.3 Å². The van der Waals surface area contributed by atoms with Crippen LogP contribution in [0.25, 0.3) is 0 Å². The Bertz CT molecular complexity index is 990. The summed E-state index contributed by atoms with van der Waals surface area (Å²) in [5.74, 6) is 0.465. The van der Waals surface area contributed by atoms with Gasteiger partial charge in [-0.2, -0.15) is 0 Å². The van der Waals surface area contributed by atoms with Crippen molar-refractivity contribution in [2.24, 2.45) is 0 Å². The van der Waals surface area contributed by atoms with E-state index in [1.807, 2.05) is 60.7 Å². The molecule has 4 rings (SSSR count). The van der Waals surface area contributed by atoms with E-state index in [1.54, 1.807) is 23.1 Å². The molecule has 0 bridgehead atoms. The van der Waals surface area contributed by atoms with Crippen LogP contribution in [0.3, 0.4) is 0 Å². The highest BCUT2D eigenvalue weighted by molar-refractivity contribution is 6.01. The van der Waals surface area contributed by atoms with E-state index < -0.39 is 0 Å². The molecule has 3 aromatic carbocycles. The van der Waals surface area contributed by atoms with E-state index in [0.717, 1.165) is 5.56 Å². The highest BCUT2D eigenvalue weighted by Gasteiger charge is 2.26. The number of hydrogen-bond donors (Lipinski definition) is 2. The van der Waals surface area contributed by atoms with Crippen LogP contribution in [-0.2, 0) is 11.3 Å². The van der Waals surface area contributed by atoms with Gasteiger partial charge in [-0.3, -0.25) is 4.79 Å². The number of carbonyl (C=O) groups excluding carboxylic acids is 2. The van der Waals surface area contributed by atoms with E-state index in [4.69, 9.17) is 4.74 Å². The molecular formula is C22H19N3O3. The first-order chi connectivity index (χ1) is 13.7. The molecule has 28 heavy (non-hydrogen) atoms. The summed E-state index contributed by atoms with van der Waals surface area (Å²) in [6.45, 7) is 0.441. The molecule has 0 saturated carbocycles. The molecule has 6 heteroatoms. The fraction of sp³-hybridized carbons (Fsp3) is 0.0909. The lowest BCUT2D eigenvalue weighted by Crippen LogP contribution is -2.38. The Labute approximate surface area is 162 Å². The Balaban J connectivity index is 1.50. The summed E-state index contributed by atoms with van der Waals surface area (Å²) in [4.78, 5) is 26.2. The molecule has 0 fully saturated rings. The van der Waals surface area contributed by atoms with Crippen LogP contribution in [0.1, 0.15) is 5.56 Å². The molecule has 1 heterocycles. The molecule has 0 unspecified atom stereocenters. The number of rotatable bonds is 4. The summed E-state index contributed by atoms with van der Waals surface area (Å²) in [7, 11) is 0. The highest BCUT2D eigenvalue weighted by Crippen LogP contribution is 2.35. The molecule has 3 aromatic rings. The summed E-state index contributed by atoms with van der Waals surface area (Å²) in [5, 5.41) is 5.55. The number of para-hydroxylation sites is 1. The number of nitrogens with one attached hydrogen (secondary N) is 2. The van der Waals surface area contributed by atoms with Crippen LogP contribution < -0.4 is 20.3 Å². The van der Waals surface area contributed by atoms with Crippen molar-refractivity contribution in [2.45, 2.75) is 6.54 Å². The average molecular weight is 373 g/mol. The van der Waals surface area contributed by atoms with Gasteiger partial charge in [-0.25, -0.2) is 4.79 Å². The first-order valence-electron chi connectivity index (χ1n) is 8.93. The SMILES string of the molecule is O=C(Nc1ccccc1)Nc1ccc2c(c1)OCC(=O)N2Cc1ccccc1. The van der Waals surface area contributed by atoms with Crippen LogP contribution in [0.5, 0.6) is 5.75 Å². The van der Waals surface area contributed by atoms with Gasteiger partial charge in [0.15, 0.2) is 6.61 Å². The van der Waals surface area contributed by atoms with Gasteiger partial charge in [0.2, 0.25) is 0 Å². The lowest BCUT2D eigenvalue weighted by molar-refractivity contribution is -0.121. The normalized spacial score (nSPS) is 12.7. The monoisotopic (exact) mass is 373 g/mol. The van der Waals surface area contributed by atoms with Gasteiger partial charge in [0.1, 0.15) is 5.75 Å². The molecular weight excluding hydrogens is 354 g/mol. The zero-order valence-corrected chi connectivity index (χ0v) is 15.1. The van der Waals surface area contributed by atoms with Gasteiger partial charge in [-0.15, -0.1) is 0 Å². The number of ether oxygens (including phenoxy) is 1. The van der Waals surface area contributed by atoms with Gasteiger partial charge in [0.05, 0.1) is 12.2 Å². The van der Waals surface area contributed by atoms with Crippen LogP contribution in [-0.4, -0.2) is 18.5 Å². The van der Waals surface area contributed by atoms with Crippen molar-refractivity contribution in [3.63, 3.8) is 0 Å². The Morgan fingerprint density at radius 2 is 1.57 bits per heavy atom. The summed E-state index contributed by atoms with van der Waals surface area (Å²) < 4.78 is 5.58. The maximum absolute atomic E-state index is 12.3. The Kier molecular flexibility index (Phi) is 4.93. The molecule has 0 atom stereocenters. The molecule has 0 radical (unpaired) electrons. The molecule has 3 amide bonds. The Morgan fingerprint density at radius 1 is 0.893 bits per heavy atom. The third-order valence-corrected chi connectivity index (χ3v) is 4.38. The molecule has 6 nitrogen and oxygen atoms in total. The third kappa shape index (κ3) is 3.96. The van der Waals surface area contributed by atoms with Crippen molar-refractivity contribution < 1.29 is 14.3 Å². The van der Waals surface area contributed by atoms with Crippen molar-refractivity contribution in [1.29, 1.82) is 0 Å². The molecule has 0 saturated heterocycles. The van der Waals surface area contributed by atoms with Gasteiger partial charge in [-0.1, -0.05) is 48.5 Å². The molecule has 0 spiro atoms. The second-order valence-electron chi connectivity index (χ2n) is 6.38. The van der Waals surface area contributed by atoms with Crippen LogP contribution in [0.15, 0.2) is 78.9 Å². The first kappa shape index (κ1) is 17.6. The van der Waals surface area contributed by atoms with E-state index in [9.17, 15) is 9.59 Å². The molecule has 0 aromatic heterocycles. The second-order valence-corrected chi connectivity index (χ2v) is 6.38. The van der Waals surface area contributed by atoms with Crippen LogP contribution in [0.4, 0.5) is 21.9 Å². The third-order valence-electron chi connectivity index (χ3n) is 4.38. The summed E-state index contributed by atoms with van der Waals surface area (Å²) in [6.07, 6.45) is 0. The smallest absolute Gasteiger partial charge is 0.323 e. The number of anilines is 3. The fourth-order valence-electron chi connectivity index (χ4n) is 3.04. The standard InChI is InChI=1S/C22H19N3O3/c26-21-15-28-20-13-18(24-22(27)23-17-9-5-2-6-10-17)11-12-19(20)25(21)14-16-7-3-1-4-8-16/h1-13H,14-15H2,(H2,23,24,27). The van der Waals surface area contributed by atoms with Crippen molar-refractivity contribution in [3.05, 3.63) is 84.4 Å². The Morgan fingerprint density at radius 3 is 2.32 bits per heavy atom. The number of nitrogens with zero attached hydrogens (tertiary/aromatic N) is 1. The van der Waals surface area contributed by atoms with Crippen LogP contribution in [0, 0.1) is 0 Å². The maximum atomic E-state index is 12.3. The van der Waals surface area contributed by atoms with Crippen LogP contribution in [0.2, 0.25) is 0 Å². The van der Waals surface area contributed by atoms with Gasteiger partial charge in [0.25, 0.3) is 5.91 Å². The van der Waals surface area contributed by atoms with Crippen LogP contribution >= 0.6 is 0 Å². The number of fused-ring (bicyclic) bond motifs is 1. The van der Waals surface area contributed by atoms with Gasteiger partial charge in [0, 0.05) is 17.4 Å². The molecule has 0 aliphatic carbocycles. The average Bonchev–Trinajstić information content (AvgIpc) is 2.71. The lowest BCUT2D eigenvalue weighted by atomic mass is 10.1. The minimum atomic E-state index is -0.348. The topological polar surface area (TPSA) is 70.7 Å². The predicted octanol–water partition coefficient (Wildman–Crippen LogP) is 4.26. The number of hydrogen-bond acceptors (Lipinski definition) is 3. The number of urea groups is 1. The molecule has 1 aliphatic heterocycles. The highest BCUT2D eigenvalue weighted by atomic mass is 16.5. The van der Waals surface area contributed by atoms with Crippen molar-refractivity contribution in [3.8, 4) is 5.75 Å². The lowest BCUT2D eigenvalue weighted by Gasteiger charge is -2.29. The summed E-state index contributed by atoms with van der Waals surface area (Å²) in [6, 6.07) is 23.9. The number of benzene rings is 3. The predicted molar refractivity (Wildman–Crippen MR) is 109 cm³/mol. The van der Waals surface area contributed by atoms with Crippen molar-refractivity contribution in [2.75, 3.05) is 22.1 Å². The largest absolute Gasteiger partial charge is 0.481 e. The summed E-state index contributed by atoms with van der Waals surface area (Å²) >= 11 is 0. The fourth-order valence-corrected chi connectivity index (χ4v) is 3.04. The minimum Gasteiger partial charge on any atom is -0.481 e. The summed E-state index contributed by atoms with van der Waals surface area (Å²) in [5.41, 5.74) is 3.01. The van der Waals surface area contributed by atoms with E-state index >= 15 is 0 Å². The van der Waals surface area contributed by atoms with Gasteiger partial charge >= 0.3 is 6.03 Å². The number of amides is 3. The van der Waals surface area contributed by atoms with E-state index in [0.29, 0.717) is 29.4 Å². The molecule has 140 valence electrons. The van der Waals surface area contributed by atoms with Crippen molar-refractivity contribution >= 4 is 29.0 Å². The zero-order valence-electron chi connectivity index (χ0n) is 15.1. The van der Waals surface area contributed by atoms with E-state index in [2.05, 4.69) is 10.6 Å². The van der Waals surface area contributed by atoms with Gasteiger partial charge in [-0.05, 0) is 29.8 Å².